The Labute approximate surface area is 168 Å². The number of benzene rings is 2. The Morgan fingerprint density at radius 3 is 2.93 bits per heavy atom. The van der Waals surface area contributed by atoms with E-state index in [1.54, 1.807) is 23.9 Å². The maximum absolute atomic E-state index is 12.7. The highest BCUT2D eigenvalue weighted by Crippen LogP contribution is 2.33. The number of amides is 1. The van der Waals surface area contributed by atoms with Crippen LogP contribution in [0.5, 0.6) is 5.75 Å². The fourth-order valence-corrected chi connectivity index (χ4v) is 3.96. The van der Waals surface area contributed by atoms with Crippen LogP contribution in [0.15, 0.2) is 53.4 Å². The summed E-state index contributed by atoms with van der Waals surface area (Å²) in [7, 11) is 0. The molecule has 2 aromatic carbocycles. The van der Waals surface area contributed by atoms with Gasteiger partial charge in [-0.15, -0.1) is 11.8 Å². The van der Waals surface area contributed by atoms with Crippen molar-refractivity contribution >= 4 is 29.0 Å². The van der Waals surface area contributed by atoms with Gasteiger partial charge in [0.25, 0.3) is 5.69 Å². The second-order valence-corrected chi connectivity index (χ2v) is 7.45. The van der Waals surface area contributed by atoms with Gasteiger partial charge in [0.15, 0.2) is 0 Å². The number of nitrogens with one attached hydrogen (secondary N) is 1. The van der Waals surface area contributed by atoms with Gasteiger partial charge in [0.05, 0.1) is 16.7 Å². The molecule has 8 heteroatoms. The van der Waals surface area contributed by atoms with Crippen LogP contribution in [-0.2, 0) is 4.79 Å². The van der Waals surface area contributed by atoms with Crippen molar-refractivity contribution in [2.45, 2.75) is 17.7 Å². The number of para-hydroxylation sites is 1. The quantitative estimate of drug-likeness (QED) is 0.414. The van der Waals surface area contributed by atoms with Gasteiger partial charge >= 0.3 is 0 Å². The van der Waals surface area contributed by atoms with Gasteiger partial charge in [-0.05, 0) is 30.4 Å². The Balaban J connectivity index is 1.40. The van der Waals surface area contributed by atoms with E-state index in [1.165, 1.54) is 12.1 Å². The minimum Gasteiger partial charge on any atom is -0.492 e. The first kappa shape index (κ1) is 20.2. The Hall–Kier alpha value is -2.58. The first-order valence-corrected chi connectivity index (χ1v) is 10.2. The van der Waals surface area contributed by atoms with Crippen LogP contribution in [0.1, 0.15) is 12.8 Å². The summed E-state index contributed by atoms with van der Waals surface area (Å²) >= 11 is 1.80. The Bertz CT molecular complexity index is 831. The van der Waals surface area contributed by atoms with Gasteiger partial charge in [-0.25, -0.2) is 0 Å². The number of carbonyl (C=O) groups excluding carboxylic acids is 1. The van der Waals surface area contributed by atoms with E-state index in [1.807, 2.05) is 23.1 Å². The summed E-state index contributed by atoms with van der Waals surface area (Å²) in [5.41, 5.74) is 1.01. The van der Waals surface area contributed by atoms with Crippen molar-refractivity contribution in [2.75, 3.05) is 36.9 Å². The lowest BCUT2D eigenvalue weighted by atomic mass is 10.2. The molecule has 0 aromatic heterocycles. The van der Waals surface area contributed by atoms with Gasteiger partial charge in [-0.1, -0.05) is 18.2 Å². The molecule has 0 fully saturated rings. The largest absolute Gasteiger partial charge is 0.492 e. The maximum Gasteiger partial charge on any atom is 0.273 e. The number of anilines is 1. The smallest absolute Gasteiger partial charge is 0.273 e. The highest BCUT2D eigenvalue weighted by molar-refractivity contribution is 7.99. The molecule has 1 amide bonds. The van der Waals surface area contributed by atoms with Crippen molar-refractivity contribution in [3.63, 3.8) is 0 Å². The third kappa shape index (κ3) is 5.46. The Kier molecular flexibility index (Phi) is 7.27. The minimum atomic E-state index is -0.448. The molecule has 1 aliphatic heterocycles. The second kappa shape index (κ2) is 10.1. The average molecular weight is 401 g/mol. The van der Waals surface area contributed by atoms with Crippen molar-refractivity contribution < 1.29 is 14.5 Å². The fourth-order valence-electron chi connectivity index (χ4n) is 2.97. The zero-order chi connectivity index (χ0) is 19.8. The normalized spacial score (nSPS) is 13.5. The van der Waals surface area contributed by atoms with Crippen molar-refractivity contribution in [3.05, 3.63) is 58.6 Å². The van der Waals surface area contributed by atoms with E-state index in [2.05, 4.69) is 11.4 Å². The lowest BCUT2D eigenvalue weighted by Crippen LogP contribution is -2.34. The van der Waals surface area contributed by atoms with E-state index in [0.29, 0.717) is 31.9 Å². The third-order valence-corrected chi connectivity index (χ3v) is 5.48. The lowest BCUT2D eigenvalue weighted by Gasteiger charge is -2.22. The SMILES string of the molecule is O=C(CCNCCOc1cccc([N+](=O)[O-])c1)N1CCCSc2ccccc21. The number of hydrogen-bond acceptors (Lipinski definition) is 6. The predicted molar refractivity (Wildman–Crippen MR) is 110 cm³/mol. The Morgan fingerprint density at radius 2 is 2.07 bits per heavy atom. The highest BCUT2D eigenvalue weighted by atomic mass is 32.2. The summed E-state index contributed by atoms with van der Waals surface area (Å²) in [5, 5.41) is 14.0. The van der Waals surface area contributed by atoms with Crippen LogP contribution >= 0.6 is 11.8 Å². The molecule has 0 saturated carbocycles. The number of nitro groups is 1. The van der Waals surface area contributed by atoms with Crippen LogP contribution in [0.25, 0.3) is 0 Å². The van der Waals surface area contributed by atoms with Crippen LogP contribution < -0.4 is 15.0 Å². The van der Waals surface area contributed by atoms with Gasteiger partial charge in [-0.3, -0.25) is 14.9 Å². The molecular formula is C20H23N3O4S. The number of non-ortho nitro benzene ring substituents is 1. The van der Waals surface area contributed by atoms with E-state index in [9.17, 15) is 14.9 Å². The third-order valence-electron chi connectivity index (χ3n) is 4.33. The highest BCUT2D eigenvalue weighted by Gasteiger charge is 2.20. The van der Waals surface area contributed by atoms with E-state index in [0.717, 1.165) is 29.3 Å². The molecule has 1 N–H and O–H groups in total. The second-order valence-electron chi connectivity index (χ2n) is 6.32. The van der Waals surface area contributed by atoms with Gasteiger partial charge in [0.2, 0.25) is 5.91 Å². The molecule has 0 spiro atoms. The molecule has 0 bridgehead atoms. The summed E-state index contributed by atoms with van der Waals surface area (Å²) in [6.07, 6.45) is 1.39. The van der Waals surface area contributed by atoms with Gasteiger partial charge in [0.1, 0.15) is 12.4 Å². The first-order valence-electron chi connectivity index (χ1n) is 9.25. The van der Waals surface area contributed by atoms with Gasteiger partial charge < -0.3 is 15.0 Å². The van der Waals surface area contributed by atoms with E-state index < -0.39 is 4.92 Å². The van der Waals surface area contributed by atoms with Crippen molar-refractivity contribution in [3.8, 4) is 5.75 Å². The molecule has 0 aliphatic carbocycles. The van der Waals surface area contributed by atoms with Crippen LogP contribution in [0.4, 0.5) is 11.4 Å². The van der Waals surface area contributed by atoms with Crippen LogP contribution in [0.2, 0.25) is 0 Å². The van der Waals surface area contributed by atoms with E-state index >= 15 is 0 Å². The molecule has 1 heterocycles. The summed E-state index contributed by atoms with van der Waals surface area (Å²) in [6, 6.07) is 14.1. The monoisotopic (exact) mass is 401 g/mol. The van der Waals surface area contributed by atoms with Crippen LogP contribution in [0.3, 0.4) is 0 Å². The van der Waals surface area contributed by atoms with Gasteiger partial charge in [0, 0.05) is 37.0 Å². The predicted octanol–water partition coefficient (Wildman–Crippen LogP) is 3.48. The number of hydrogen-bond donors (Lipinski definition) is 1. The summed E-state index contributed by atoms with van der Waals surface area (Å²) < 4.78 is 5.52. The molecule has 1 aliphatic rings. The standard InChI is InChI=1S/C20H23N3O4S/c24-20(22-12-4-14-28-19-8-2-1-7-18(19)22)9-10-21-11-13-27-17-6-3-5-16(15-17)23(25)26/h1-3,5-8,15,21H,4,9-14H2. The minimum absolute atomic E-state index is 0.00644. The average Bonchev–Trinajstić information content (AvgIpc) is 2.93. The molecular weight excluding hydrogens is 378 g/mol. The number of carbonyl (C=O) groups is 1. The number of nitrogens with zero attached hydrogens (tertiary/aromatic N) is 2. The molecule has 0 unspecified atom stereocenters. The number of ether oxygens (including phenoxy) is 1. The molecule has 0 saturated heterocycles. The number of thioether (sulfide) groups is 1. The summed E-state index contributed by atoms with van der Waals surface area (Å²) in [6.45, 7) is 2.24. The maximum atomic E-state index is 12.7. The topological polar surface area (TPSA) is 84.7 Å². The molecule has 0 atom stereocenters. The van der Waals surface area contributed by atoms with Crippen molar-refractivity contribution in [1.29, 1.82) is 0 Å². The van der Waals surface area contributed by atoms with Gasteiger partial charge in [-0.2, -0.15) is 0 Å². The van der Waals surface area contributed by atoms with Crippen LogP contribution in [0, 0.1) is 10.1 Å². The number of rotatable bonds is 8. The fraction of sp³-hybridized carbons (Fsp3) is 0.350. The first-order chi connectivity index (χ1) is 13.6. The molecule has 7 nitrogen and oxygen atoms in total. The number of fused-ring (bicyclic) bond motifs is 1. The summed E-state index contributed by atoms with van der Waals surface area (Å²) in [4.78, 5) is 26.0. The Morgan fingerprint density at radius 1 is 1.21 bits per heavy atom. The van der Waals surface area contributed by atoms with E-state index in [-0.39, 0.29) is 11.6 Å². The zero-order valence-electron chi connectivity index (χ0n) is 15.5. The molecule has 28 heavy (non-hydrogen) atoms. The molecule has 148 valence electrons. The zero-order valence-corrected chi connectivity index (χ0v) is 16.3. The molecule has 3 rings (SSSR count). The molecule has 2 aromatic rings. The molecule has 0 radical (unpaired) electrons. The number of nitro benzene ring substituents is 1. The van der Waals surface area contributed by atoms with Crippen LogP contribution in [-0.4, -0.2) is 42.8 Å². The van der Waals surface area contributed by atoms with E-state index in [4.69, 9.17) is 4.74 Å². The lowest BCUT2D eigenvalue weighted by molar-refractivity contribution is -0.384. The van der Waals surface area contributed by atoms with Crippen molar-refractivity contribution in [2.24, 2.45) is 0 Å². The summed E-state index contributed by atoms with van der Waals surface area (Å²) in [5.74, 6) is 1.60. The van der Waals surface area contributed by atoms with Crippen molar-refractivity contribution in [1.82, 2.24) is 5.32 Å².